The number of hydrogen-bond donors (Lipinski definition) is 1. The van der Waals surface area contributed by atoms with Crippen LogP contribution in [0.4, 0.5) is 0 Å². The first-order valence-electron chi connectivity index (χ1n) is 6.78. The maximum Gasteiger partial charge on any atom is 0.255 e. The Morgan fingerprint density at radius 3 is 2.62 bits per heavy atom. The predicted molar refractivity (Wildman–Crippen MR) is 87.9 cm³/mol. The lowest BCUT2D eigenvalue weighted by Crippen LogP contribution is -2.27. The molecule has 2 rings (SSSR count). The van der Waals surface area contributed by atoms with Gasteiger partial charge in [0.2, 0.25) is 0 Å². The number of rotatable bonds is 5. The quantitative estimate of drug-likeness (QED) is 0.887. The molecule has 1 unspecified atom stereocenters. The number of amides is 1. The Morgan fingerprint density at radius 1 is 1.24 bits per heavy atom. The minimum absolute atomic E-state index is 0.123. The number of nitrogens with one attached hydrogen (secondary N) is 1. The van der Waals surface area contributed by atoms with Crippen LogP contribution in [-0.2, 0) is 0 Å². The molecule has 4 heteroatoms. The molecule has 1 atom stereocenters. The van der Waals surface area contributed by atoms with Gasteiger partial charge in [-0.3, -0.25) is 4.79 Å². The topological polar surface area (TPSA) is 38.3 Å². The molecule has 2 aromatic carbocycles. The minimum Gasteiger partial charge on any atom is -0.496 e. The Bertz CT molecular complexity index is 613. The molecule has 0 heterocycles. The third kappa shape index (κ3) is 4.08. The summed E-state index contributed by atoms with van der Waals surface area (Å²) in [6.07, 6.45) is 0. The van der Waals surface area contributed by atoms with Gasteiger partial charge in [-0.15, -0.1) is 0 Å². The summed E-state index contributed by atoms with van der Waals surface area (Å²) in [4.78, 5) is 12.3. The minimum atomic E-state index is -0.123. The summed E-state index contributed by atoms with van der Waals surface area (Å²) in [6, 6.07) is 15.5. The summed E-state index contributed by atoms with van der Waals surface area (Å²) in [5, 5.41) is 2.96. The summed E-state index contributed by atoms with van der Waals surface area (Å²) < 4.78 is 6.13. The van der Waals surface area contributed by atoms with Gasteiger partial charge in [0.1, 0.15) is 5.75 Å². The first-order valence-corrected chi connectivity index (χ1v) is 7.58. The van der Waals surface area contributed by atoms with E-state index in [1.165, 1.54) is 5.56 Å². The molecule has 0 fully saturated rings. The van der Waals surface area contributed by atoms with Crippen LogP contribution in [0, 0.1) is 0 Å². The van der Waals surface area contributed by atoms with Gasteiger partial charge < -0.3 is 10.1 Å². The van der Waals surface area contributed by atoms with Gasteiger partial charge in [0, 0.05) is 11.0 Å². The average Bonchev–Trinajstić information content (AvgIpc) is 2.52. The Labute approximate surface area is 133 Å². The molecule has 0 saturated carbocycles. The van der Waals surface area contributed by atoms with Crippen molar-refractivity contribution < 1.29 is 9.53 Å². The Hall–Kier alpha value is -1.81. The Morgan fingerprint density at radius 2 is 1.95 bits per heavy atom. The zero-order valence-corrected chi connectivity index (χ0v) is 13.7. The van der Waals surface area contributed by atoms with E-state index >= 15 is 0 Å². The average molecular weight is 348 g/mol. The van der Waals surface area contributed by atoms with Crippen molar-refractivity contribution in [2.75, 3.05) is 13.7 Å². The fourth-order valence-corrected chi connectivity index (χ4v) is 2.43. The van der Waals surface area contributed by atoms with Gasteiger partial charge in [-0.2, -0.15) is 0 Å². The SMILES string of the molecule is COc1cc(Br)ccc1C(=O)NCC(C)c1ccccc1. The van der Waals surface area contributed by atoms with Crippen molar-refractivity contribution in [1.29, 1.82) is 0 Å². The van der Waals surface area contributed by atoms with Crippen LogP contribution >= 0.6 is 15.9 Å². The van der Waals surface area contributed by atoms with Crippen molar-refractivity contribution in [1.82, 2.24) is 5.32 Å². The maximum atomic E-state index is 12.3. The van der Waals surface area contributed by atoms with Crippen molar-refractivity contribution in [2.45, 2.75) is 12.8 Å². The largest absolute Gasteiger partial charge is 0.496 e. The van der Waals surface area contributed by atoms with Crippen LogP contribution in [0.25, 0.3) is 0 Å². The number of methoxy groups -OCH3 is 1. The molecule has 2 aromatic rings. The van der Waals surface area contributed by atoms with Gasteiger partial charge in [0.15, 0.2) is 0 Å². The highest BCUT2D eigenvalue weighted by Gasteiger charge is 2.13. The van der Waals surface area contributed by atoms with Gasteiger partial charge >= 0.3 is 0 Å². The lowest BCUT2D eigenvalue weighted by atomic mass is 10.0. The van der Waals surface area contributed by atoms with E-state index in [1.807, 2.05) is 24.3 Å². The van der Waals surface area contributed by atoms with Crippen LogP contribution in [0.1, 0.15) is 28.8 Å². The van der Waals surface area contributed by atoms with Gasteiger partial charge in [-0.1, -0.05) is 53.2 Å². The summed E-state index contributed by atoms with van der Waals surface area (Å²) in [5.41, 5.74) is 1.75. The van der Waals surface area contributed by atoms with E-state index in [2.05, 4.69) is 40.3 Å². The molecular formula is C17H18BrNO2. The van der Waals surface area contributed by atoms with Crippen molar-refractivity contribution in [3.63, 3.8) is 0 Å². The number of carbonyl (C=O) groups is 1. The number of hydrogen-bond acceptors (Lipinski definition) is 2. The van der Waals surface area contributed by atoms with E-state index in [-0.39, 0.29) is 11.8 Å². The molecule has 0 saturated heterocycles. The summed E-state index contributed by atoms with van der Waals surface area (Å²) >= 11 is 3.37. The van der Waals surface area contributed by atoms with Gasteiger partial charge in [-0.05, 0) is 29.7 Å². The predicted octanol–water partition coefficient (Wildman–Crippen LogP) is 3.99. The van der Waals surface area contributed by atoms with Gasteiger partial charge in [0.05, 0.1) is 12.7 Å². The standard InChI is InChI=1S/C17H18BrNO2/c1-12(13-6-4-3-5-7-13)11-19-17(20)15-9-8-14(18)10-16(15)21-2/h3-10,12H,11H2,1-2H3,(H,19,20). The fourth-order valence-electron chi connectivity index (χ4n) is 2.09. The first kappa shape index (κ1) is 15.6. The molecule has 0 aliphatic heterocycles. The Kier molecular flexibility index (Phi) is 5.39. The maximum absolute atomic E-state index is 12.3. The van der Waals surface area contributed by atoms with Crippen LogP contribution in [0.3, 0.4) is 0 Å². The molecule has 0 spiro atoms. The molecule has 0 radical (unpaired) electrons. The van der Waals surface area contributed by atoms with E-state index < -0.39 is 0 Å². The molecule has 1 N–H and O–H groups in total. The molecule has 0 aromatic heterocycles. The normalized spacial score (nSPS) is 11.8. The number of halogens is 1. The Balaban J connectivity index is 2.02. The third-order valence-corrected chi connectivity index (χ3v) is 3.84. The van der Waals surface area contributed by atoms with Crippen molar-refractivity contribution in [3.05, 3.63) is 64.1 Å². The molecule has 0 aliphatic carbocycles. The number of carbonyl (C=O) groups excluding carboxylic acids is 1. The molecular weight excluding hydrogens is 330 g/mol. The summed E-state index contributed by atoms with van der Waals surface area (Å²) in [7, 11) is 1.56. The highest BCUT2D eigenvalue weighted by molar-refractivity contribution is 9.10. The highest BCUT2D eigenvalue weighted by atomic mass is 79.9. The zero-order chi connectivity index (χ0) is 15.2. The number of benzene rings is 2. The highest BCUT2D eigenvalue weighted by Crippen LogP contribution is 2.23. The second-order valence-electron chi connectivity index (χ2n) is 4.87. The second kappa shape index (κ2) is 7.27. The third-order valence-electron chi connectivity index (χ3n) is 3.35. The fraction of sp³-hybridized carbons (Fsp3) is 0.235. The number of ether oxygens (including phenoxy) is 1. The molecule has 110 valence electrons. The van der Waals surface area contributed by atoms with Gasteiger partial charge in [-0.25, -0.2) is 0 Å². The molecule has 0 bridgehead atoms. The van der Waals surface area contributed by atoms with Crippen LogP contribution in [0.2, 0.25) is 0 Å². The van der Waals surface area contributed by atoms with E-state index in [0.717, 1.165) is 4.47 Å². The zero-order valence-electron chi connectivity index (χ0n) is 12.1. The smallest absolute Gasteiger partial charge is 0.255 e. The molecule has 3 nitrogen and oxygen atoms in total. The van der Waals surface area contributed by atoms with Crippen molar-refractivity contribution >= 4 is 21.8 Å². The van der Waals surface area contributed by atoms with Crippen molar-refractivity contribution in [3.8, 4) is 5.75 Å². The monoisotopic (exact) mass is 347 g/mol. The van der Waals surface area contributed by atoms with E-state index in [0.29, 0.717) is 17.9 Å². The van der Waals surface area contributed by atoms with E-state index in [4.69, 9.17) is 4.74 Å². The van der Waals surface area contributed by atoms with Gasteiger partial charge in [0.25, 0.3) is 5.91 Å². The summed E-state index contributed by atoms with van der Waals surface area (Å²) in [5.74, 6) is 0.702. The van der Waals surface area contributed by atoms with Crippen LogP contribution in [0.15, 0.2) is 53.0 Å². The summed E-state index contributed by atoms with van der Waals surface area (Å²) in [6.45, 7) is 2.68. The van der Waals surface area contributed by atoms with Crippen LogP contribution in [-0.4, -0.2) is 19.6 Å². The first-order chi connectivity index (χ1) is 10.1. The van der Waals surface area contributed by atoms with Crippen LogP contribution < -0.4 is 10.1 Å². The lowest BCUT2D eigenvalue weighted by molar-refractivity contribution is 0.0948. The van der Waals surface area contributed by atoms with E-state index in [9.17, 15) is 4.79 Å². The molecule has 0 aliphatic rings. The molecule has 1 amide bonds. The second-order valence-corrected chi connectivity index (χ2v) is 5.78. The lowest BCUT2D eigenvalue weighted by Gasteiger charge is -2.14. The van der Waals surface area contributed by atoms with Crippen molar-refractivity contribution in [2.24, 2.45) is 0 Å². The molecule has 21 heavy (non-hydrogen) atoms. The van der Waals surface area contributed by atoms with Crippen LogP contribution in [0.5, 0.6) is 5.75 Å². The van der Waals surface area contributed by atoms with E-state index in [1.54, 1.807) is 19.2 Å².